The summed E-state index contributed by atoms with van der Waals surface area (Å²) >= 11 is 0. The third kappa shape index (κ3) is 1.75. The monoisotopic (exact) mass is 170 g/mol. The molecule has 0 radical (unpaired) electrons. The number of aliphatic hydroxyl groups excluding tert-OH is 1. The highest BCUT2D eigenvalue weighted by molar-refractivity contribution is 5.16. The Bertz CT molecular complexity index is 176. The number of rotatable bonds is 4. The van der Waals surface area contributed by atoms with Crippen LogP contribution >= 0.6 is 0 Å². The average Bonchev–Trinajstić information content (AvgIpc) is 2.04. The lowest BCUT2D eigenvalue weighted by atomic mass is 9.75. The van der Waals surface area contributed by atoms with E-state index in [1.165, 1.54) is 0 Å². The summed E-state index contributed by atoms with van der Waals surface area (Å²) < 4.78 is 5.07. The number of hydrogen-bond donors (Lipinski definition) is 2. The summed E-state index contributed by atoms with van der Waals surface area (Å²) in [4.78, 5) is 0. The summed E-state index contributed by atoms with van der Waals surface area (Å²) in [6.07, 6.45) is 1.65. The number of nitrogens with one attached hydrogen (secondary N) is 1. The molecule has 0 bridgehead atoms. The SMILES string of the molecule is COC1CC(C#N)(NCCO)C1. The van der Waals surface area contributed by atoms with E-state index in [1.807, 2.05) is 0 Å². The van der Waals surface area contributed by atoms with Crippen LogP contribution in [0.4, 0.5) is 0 Å². The fraction of sp³-hybridized carbons (Fsp3) is 0.875. The molecular weight excluding hydrogens is 156 g/mol. The van der Waals surface area contributed by atoms with Gasteiger partial charge in [0.1, 0.15) is 5.54 Å². The number of nitrogens with zero attached hydrogens (tertiary/aromatic N) is 1. The van der Waals surface area contributed by atoms with Crippen LogP contribution in [-0.4, -0.2) is 37.0 Å². The summed E-state index contributed by atoms with van der Waals surface area (Å²) in [7, 11) is 1.65. The first kappa shape index (κ1) is 9.46. The first-order valence-electron chi connectivity index (χ1n) is 4.06. The summed E-state index contributed by atoms with van der Waals surface area (Å²) in [5.41, 5.74) is -0.441. The van der Waals surface area contributed by atoms with Crippen LogP contribution in [0.25, 0.3) is 0 Å². The molecule has 0 spiro atoms. The second kappa shape index (κ2) is 3.85. The molecule has 0 saturated heterocycles. The Morgan fingerprint density at radius 2 is 2.42 bits per heavy atom. The number of hydrogen-bond acceptors (Lipinski definition) is 4. The van der Waals surface area contributed by atoms with Crippen molar-refractivity contribution in [1.82, 2.24) is 5.32 Å². The van der Waals surface area contributed by atoms with Crippen molar-refractivity contribution in [3.05, 3.63) is 0 Å². The van der Waals surface area contributed by atoms with Gasteiger partial charge in [-0.1, -0.05) is 0 Å². The van der Waals surface area contributed by atoms with Crippen molar-refractivity contribution >= 4 is 0 Å². The third-order valence-electron chi connectivity index (χ3n) is 2.27. The van der Waals surface area contributed by atoms with Crippen LogP contribution in [0.2, 0.25) is 0 Å². The quantitative estimate of drug-likeness (QED) is 0.604. The van der Waals surface area contributed by atoms with E-state index in [4.69, 9.17) is 15.1 Å². The highest BCUT2D eigenvalue weighted by Crippen LogP contribution is 2.33. The van der Waals surface area contributed by atoms with E-state index >= 15 is 0 Å². The van der Waals surface area contributed by atoms with Crippen LogP contribution in [0.5, 0.6) is 0 Å². The molecule has 0 amide bonds. The smallest absolute Gasteiger partial charge is 0.111 e. The van der Waals surface area contributed by atoms with E-state index in [1.54, 1.807) is 7.11 Å². The first-order valence-corrected chi connectivity index (χ1v) is 4.06. The molecule has 0 aliphatic heterocycles. The largest absolute Gasteiger partial charge is 0.395 e. The first-order chi connectivity index (χ1) is 5.76. The van der Waals surface area contributed by atoms with Gasteiger partial charge >= 0.3 is 0 Å². The predicted molar refractivity (Wildman–Crippen MR) is 43.5 cm³/mol. The Kier molecular flexibility index (Phi) is 3.04. The zero-order chi connectivity index (χ0) is 9.03. The molecule has 1 aliphatic carbocycles. The zero-order valence-corrected chi connectivity index (χ0v) is 7.21. The summed E-state index contributed by atoms with van der Waals surface area (Å²) in [5.74, 6) is 0. The topological polar surface area (TPSA) is 65.3 Å². The van der Waals surface area contributed by atoms with E-state index in [0.29, 0.717) is 6.54 Å². The molecule has 0 aromatic rings. The molecule has 4 nitrogen and oxygen atoms in total. The van der Waals surface area contributed by atoms with Crippen molar-refractivity contribution in [3.8, 4) is 6.07 Å². The summed E-state index contributed by atoms with van der Waals surface area (Å²) in [6, 6.07) is 2.21. The molecule has 0 unspecified atom stereocenters. The highest BCUT2D eigenvalue weighted by atomic mass is 16.5. The number of ether oxygens (including phenoxy) is 1. The van der Waals surface area contributed by atoms with Crippen LogP contribution in [0.1, 0.15) is 12.8 Å². The minimum atomic E-state index is -0.441. The van der Waals surface area contributed by atoms with Gasteiger partial charge < -0.3 is 9.84 Å². The number of nitriles is 1. The van der Waals surface area contributed by atoms with E-state index in [9.17, 15) is 0 Å². The molecule has 1 fully saturated rings. The molecule has 0 heterocycles. The molecule has 68 valence electrons. The Morgan fingerprint density at radius 1 is 1.75 bits per heavy atom. The maximum absolute atomic E-state index is 8.83. The van der Waals surface area contributed by atoms with Gasteiger partial charge in [0.15, 0.2) is 0 Å². The lowest BCUT2D eigenvalue weighted by molar-refractivity contribution is -0.00869. The number of aliphatic hydroxyl groups is 1. The highest BCUT2D eigenvalue weighted by Gasteiger charge is 2.44. The maximum Gasteiger partial charge on any atom is 0.111 e. The van der Waals surface area contributed by atoms with Gasteiger partial charge in [-0.05, 0) is 0 Å². The van der Waals surface area contributed by atoms with Crippen LogP contribution in [0.15, 0.2) is 0 Å². The van der Waals surface area contributed by atoms with Gasteiger partial charge in [0.2, 0.25) is 0 Å². The number of methoxy groups -OCH3 is 1. The molecular formula is C8H14N2O2. The van der Waals surface area contributed by atoms with E-state index < -0.39 is 5.54 Å². The molecule has 1 rings (SSSR count). The second-order valence-electron chi connectivity index (χ2n) is 3.11. The number of β-amino-alcohol motifs (C(OH)–C–C–N with tert-alkyl or cyclic N) is 1. The fourth-order valence-electron chi connectivity index (χ4n) is 1.45. The molecule has 4 heteroatoms. The van der Waals surface area contributed by atoms with Gasteiger partial charge in [0, 0.05) is 26.5 Å². The Morgan fingerprint density at radius 3 is 2.83 bits per heavy atom. The molecule has 1 saturated carbocycles. The van der Waals surface area contributed by atoms with Crippen LogP contribution < -0.4 is 5.32 Å². The molecule has 0 aromatic heterocycles. The molecule has 1 aliphatic rings. The Balaban J connectivity index is 2.32. The van der Waals surface area contributed by atoms with Gasteiger partial charge in [-0.2, -0.15) is 5.26 Å². The van der Waals surface area contributed by atoms with E-state index in [0.717, 1.165) is 12.8 Å². The molecule has 0 aromatic carbocycles. The minimum absolute atomic E-state index is 0.0705. The summed E-state index contributed by atoms with van der Waals surface area (Å²) in [5, 5.41) is 20.4. The van der Waals surface area contributed by atoms with E-state index in [-0.39, 0.29) is 12.7 Å². The van der Waals surface area contributed by atoms with Gasteiger partial charge in [0.05, 0.1) is 18.8 Å². The second-order valence-corrected chi connectivity index (χ2v) is 3.11. The zero-order valence-electron chi connectivity index (χ0n) is 7.21. The van der Waals surface area contributed by atoms with Crippen LogP contribution in [-0.2, 0) is 4.74 Å². The third-order valence-corrected chi connectivity index (χ3v) is 2.27. The van der Waals surface area contributed by atoms with Crippen molar-refractivity contribution in [2.24, 2.45) is 0 Å². The molecule has 2 N–H and O–H groups in total. The van der Waals surface area contributed by atoms with Crippen molar-refractivity contribution < 1.29 is 9.84 Å². The lowest BCUT2D eigenvalue weighted by Gasteiger charge is -2.42. The normalized spacial score (nSPS) is 33.9. The molecule has 12 heavy (non-hydrogen) atoms. The average molecular weight is 170 g/mol. The predicted octanol–water partition coefficient (Wildman–Crippen LogP) is -0.361. The van der Waals surface area contributed by atoms with Crippen molar-refractivity contribution in [1.29, 1.82) is 5.26 Å². The summed E-state index contributed by atoms with van der Waals surface area (Å²) in [6.45, 7) is 0.547. The van der Waals surface area contributed by atoms with Gasteiger partial charge in [-0.25, -0.2) is 0 Å². The minimum Gasteiger partial charge on any atom is -0.395 e. The van der Waals surface area contributed by atoms with E-state index in [2.05, 4.69) is 11.4 Å². The van der Waals surface area contributed by atoms with Gasteiger partial charge in [-0.15, -0.1) is 0 Å². The Hall–Kier alpha value is -0.630. The van der Waals surface area contributed by atoms with Crippen molar-refractivity contribution in [2.75, 3.05) is 20.3 Å². The van der Waals surface area contributed by atoms with Crippen molar-refractivity contribution in [3.63, 3.8) is 0 Å². The standard InChI is InChI=1S/C8H14N2O2/c1-12-7-4-8(5-7,6-9)10-2-3-11/h7,10-11H,2-5H2,1H3. The van der Waals surface area contributed by atoms with Gasteiger partial charge in [-0.3, -0.25) is 5.32 Å². The molecule has 0 atom stereocenters. The fourth-order valence-corrected chi connectivity index (χ4v) is 1.45. The van der Waals surface area contributed by atoms with Crippen LogP contribution in [0, 0.1) is 11.3 Å². The van der Waals surface area contributed by atoms with Crippen LogP contribution in [0.3, 0.4) is 0 Å². The Labute approximate surface area is 72.1 Å². The maximum atomic E-state index is 8.83. The van der Waals surface area contributed by atoms with Crippen molar-refractivity contribution in [2.45, 2.75) is 24.5 Å². The van der Waals surface area contributed by atoms with Gasteiger partial charge in [0.25, 0.3) is 0 Å². The lowest BCUT2D eigenvalue weighted by Crippen LogP contribution is -2.57.